The fraction of sp³-hybridized carbons (Fsp3) is 0.600. The maximum Gasteiger partial charge on any atom is 0.437 e. The smallest absolute Gasteiger partial charge is 0.437 e. The summed E-state index contributed by atoms with van der Waals surface area (Å²) in [5.74, 6) is -1.06. The van der Waals surface area contributed by atoms with Crippen LogP contribution in [0.25, 0.3) is 0 Å². The Labute approximate surface area is 140 Å². The number of carbonyl (C=O) groups is 3. The van der Waals surface area contributed by atoms with Gasteiger partial charge in [0.05, 0.1) is 13.2 Å². The van der Waals surface area contributed by atoms with E-state index in [2.05, 4.69) is 10.4 Å². The minimum atomic E-state index is -0.788. The van der Waals surface area contributed by atoms with Gasteiger partial charge in [-0.2, -0.15) is 5.10 Å². The molecule has 1 rings (SSSR count). The van der Waals surface area contributed by atoms with Crippen LogP contribution in [-0.4, -0.2) is 53.2 Å². The molecule has 0 atom stereocenters. The fourth-order valence-electron chi connectivity index (χ4n) is 1.63. The van der Waals surface area contributed by atoms with E-state index in [0.29, 0.717) is 0 Å². The molecule has 0 saturated carbocycles. The number of hydrogen-bond donors (Lipinski definition) is 1. The first kappa shape index (κ1) is 19.5. The van der Waals surface area contributed by atoms with Gasteiger partial charge in [-0.3, -0.25) is 4.79 Å². The molecule has 0 spiro atoms. The van der Waals surface area contributed by atoms with Gasteiger partial charge in [0.25, 0.3) is 0 Å². The van der Waals surface area contributed by atoms with E-state index in [1.165, 1.54) is 6.07 Å². The van der Waals surface area contributed by atoms with Crippen molar-refractivity contribution in [2.45, 2.75) is 40.2 Å². The monoisotopic (exact) mass is 341 g/mol. The molecule has 9 heteroatoms. The Balaban J connectivity index is 3.02. The summed E-state index contributed by atoms with van der Waals surface area (Å²) in [4.78, 5) is 35.5. The highest BCUT2D eigenvalue weighted by atomic mass is 16.6. The third-order valence-corrected chi connectivity index (χ3v) is 2.48. The van der Waals surface area contributed by atoms with Crippen molar-refractivity contribution in [1.29, 1.82) is 0 Å². The predicted molar refractivity (Wildman–Crippen MR) is 84.9 cm³/mol. The van der Waals surface area contributed by atoms with Crippen LogP contribution in [0.15, 0.2) is 6.07 Å². The quantitative estimate of drug-likeness (QED) is 0.616. The van der Waals surface area contributed by atoms with Crippen LogP contribution in [0, 0.1) is 0 Å². The summed E-state index contributed by atoms with van der Waals surface area (Å²) in [6.07, 6.45) is -0.788. The number of rotatable bonds is 6. The molecule has 0 aliphatic carbocycles. The third kappa shape index (κ3) is 5.90. The summed E-state index contributed by atoms with van der Waals surface area (Å²) in [7, 11) is 0. The molecule has 0 bridgehead atoms. The van der Waals surface area contributed by atoms with E-state index in [0.717, 1.165) is 4.68 Å². The summed E-state index contributed by atoms with van der Waals surface area (Å²) in [6, 6.07) is 1.31. The van der Waals surface area contributed by atoms with Gasteiger partial charge in [0, 0.05) is 6.07 Å². The van der Waals surface area contributed by atoms with Gasteiger partial charge in [0.15, 0.2) is 5.69 Å². The number of anilines is 1. The van der Waals surface area contributed by atoms with Crippen molar-refractivity contribution in [3.8, 4) is 0 Å². The van der Waals surface area contributed by atoms with Crippen LogP contribution in [0.3, 0.4) is 0 Å². The molecule has 1 aromatic rings. The summed E-state index contributed by atoms with van der Waals surface area (Å²) >= 11 is 0. The van der Waals surface area contributed by atoms with Crippen LogP contribution in [0.4, 0.5) is 10.6 Å². The number of nitrogens with one attached hydrogen (secondary N) is 1. The Bertz CT molecular complexity index is 603. The molecule has 1 aromatic heterocycles. The number of esters is 2. The second-order valence-electron chi connectivity index (χ2n) is 5.69. The topological polar surface area (TPSA) is 109 Å². The molecule has 0 radical (unpaired) electrons. The zero-order valence-electron chi connectivity index (χ0n) is 14.5. The van der Waals surface area contributed by atoms with Crippen molar-refractivity contribution < 1.29 is 28.6 Å². The highest BCUT2D eigenvalue weighted by Crippen LogP contribution is 2.15. The van der Waals surface area contributed by atoms with Crippen molar-refractivity contribution in [1.82, 2.24) is 9.78 Å². The lowest BCUT2D eigenvalue weighted by atomic mass is 10.2. The van der Waals surface area contributed by atoms with E-state index < -0.39 is 23.6 Å². The first-order valence-corrected chi connectivity index (χ1v) is 7.58. The molecule has 0 saturated heterocycles. The normalized spacial score (nSPS) is 10.9. The van der Waals surface area contributed by atoms with Gasteiger partial charge in [0.1, 0.15) is 18.0 Å². The van der Waals surface area contributed by atoms with Crippen molar-refractivity contribution in [2.75, 3.05) is 25.1 Å². The molecule has 0 unspecified atom stereocenters. The molecule has 24 heavy (non-hydrogen) atoms. The molecule has 9 nitrogen and oxygen atoms in total. The van der Waals surface area contributed by atoms with E-state index in [1.54, 1.807) is 34.6 Å². The van der Waals surface area contributed by atoms with E-state index >= 15 is 0 Å². The fourth-order valence-corrected chi connectivity index (χ4v) is 1.63. The lowest BCUT2D eigenvalue weighted by molar-refractivity contribution is -0.140. The number of carbonyl (C=O) groups excluding carboxylic acids is 3. The van der Waals surface area contributed by atoms with Crippen LogP contribution in [0.1, 0.15) is 45.1 Å². The van der Waals surface area contributed by atoms with Gasteiger partial charge < -0.3 is 19.5 Å². The summed E-state index contributed by atoms with van der Waals surface area (Å²) in [5.41, 5.74) is -0.819. The van der Waals surface area contributed by atoms with Crippen molar-refractivity contribution in [3.63, 3.8) is 0 Å². The van der Waals surface area contributed by atoms with Crippen LogP contribution >= 0.6 is 0 Å². The summed E-state index contributed by atoms with van der Waals surface area (Å²) in [6.45, 7) is 8.66. The van der Waals surface area contributed by atoms with E-state index in [1.807, 2.05) is 0 Å². The molecular formula is C15H23N3O6. The van der Waals surface area contributed by atoms with E-state index in [9.17, 15) is 14.4 Å². The lowest BCUT2D eigenvalue weighted by Crippen LogP contribution is -2.29. The zero-order chi connectivity index (χ0) is 18.3. The van der Waals surface area contributed by atoms with E-state index in [-0.39, 0.29) is 31.3 Å². The number of aromatic nitrogens is 2. The summed E-state index contributed by atoms with van der Waals surface area (Å²) in [5, 5.41) is 6.59. The van der Waals surface area contributed by atoms with Crippen LogP contribution in [-0.2, 0) is 19.0 Å². The zero-order valence-corrected chi connectivity index (χ0v) is 14.5. The molecule has 0 amide bonds. The Morgan fingerprint density at radius 1 is 1.17 bits per heavy atom. The van der Waals surface area contributed by atoms with Gasteiger partial charge in [-0.15, -0.1) is 4.68 Å². The largest absolute Gasteiger partial charge is 0.465 e. The Kier molecular flexibility index (Phi) is 6.75. The number of nitrogens with zero attached hydrogens (tertiary/aromatic N) is 2. The lowest BCUT2D eigenvalue weighted by Gasteiger charge is -2.19. The van der Waals surface area contributed by atoms with Gasteiger partial charge in [-0.25, -0.2) is 9.59 Å². The van der Waals surface area contributed by atoms with Gasteiger partial charge in [-0.05, 0) is 34.6 Å². The van der Waals surface area contributed by atoms with Crippen LogP contribution in [0.5, 0.6) is 0 Å². The van der Waals surface area contributed by atoms with E-state index in [4.69, 9.17) is 14.2 Å². The highest BCUT2D eigenvalue weighted by Gasteiger charge is 2.24. The molecule has 0 aliphatic rings. The molecule has 1 N–H and O–H groups in total. The molecule has 0 aromatic carbocycles. The standard InChI is InChI=1S/C15H23N3O6/c1-6-22-12(19)9-16-11-8-10(13(20)23-7-2)17-18(11)14(21)24-15(3,4)5/h8,16H,6-7,9H2,1-5H3. The maximum atomic E-state index is 12.2. The Morgan fingerprint density at radius 2 is 1.79 bits per heavy atom. The summed E-state index contributed by atoms with van der Waals surface area (Å²) < 4.78 is 15.8. The first-order chi connectivity index (χ1) is 11.2. The molecule has 0 fully saturated rings. The number of ether oxygens (including phenoxy) is 3. The predicted octanol–water partition coefficient (Wildman–Crippen LogP) is 1.82. The minimum Gasteiger partial charge on any atom is -0.465 e. The second kappa shape index (κ2) is 8.32. The SMILES string of the molecule is CCOC(=O)CNc1cc(C(=O)OCC)nn1C(=O)OC(C)(C)C. The number of hydrogen-bond acceptors (Lipinski definition) is 8. The van der Waals surface area contributed by atoms with Gasteiger partial charge in [0.2, 0.25) is 0 Å². The first-order valence-electron chi connectivity index (χ1n) is 7.58. The van der Waals surface area contributed by atoms with Crippen molar-refractivity contribution in [2.24, 2.45) is 0 Å². The maximum absolute atomic E-state index is 12.2. The minimum absolute atomic E-state index is 0.0749. The van der Waals surface area contributed by atoms with Gasteiger partial charge in [-0.1, -0.05) is 0 Å². The average Bonchev–Trinajstić information content (AvgIpc) is 2.88. The highest BCUT2D eigenvalue weighted by molar-refractivity contribution is 5.90. The Hall–Kier alpha value is -2.58. The van der Waals surface area contributed by atoms with Crippen LogP contribution < -0.4 is 5.32 Å². The molecule has 134 valence electrons. The average molecular weight is 341 g/mol. The van der Waals surface area contributed by atoms with Gasteiger partial charge >= 0.3 is 18.0 Å². The van der Waals surface area contributed by atoms with Crippen molar-refractivity contribution >= 4 is 23.8 Å². The second-order valence-corrected chi connectivity index (χ2v) is 5.69. The Morgan fingerprint density at radius 3 is 2.33 bits per heavy atom. The molecular weight excluding hydrogens is 318 g/mol. The molecule has 1 heterocycles. The van der Waals surface area contributed by atoms with Crippen molar-refractivity contribution in [3.05, 3.63) is 11.8 Å². The van der Waals surface area contributed by atoms with Crippen LogP contribution in [0.2, 0.25) is 0 Å². The molecule has 0 aliphatic heterocycles. The third-order valence-electron chi connectivity index (χ3n) is 2.48.